The van der Waals surface area contributed by atoms with Crippen molar-refractivity contribution in [2.45, 2.75) is 13.2 Å². The van der Waals surface area contributed by atoms with Gasteiger partial charge in [-0.1, -0.05) is 48.0 Å². The average Bonchev–Trinajstić information content (AvgIpc) is 2.39. The zero-order valence-corrected chi connectivity index (χ0v) is 11.0. The van der Waals surface area contributed by atoms with Crippen LogP contribution < -0.4 is 5.46 Å². The molecule has 0 aromatic heterocycles. The van der Waals surface area contributed by atoms with Crippen molar-refractivity contribution in [2.75, 3.05) is 0 Å². The van der Waals surface area contributed by atoms with Gasteiger partial charge in [-0.2, -0.15) is 0 Å². The van der Waals surface area contributed by atoms with Crippen molar-refractivity contribution in [3.63, 3.8) is 0 Å². The quantitative estimate of drug-likeness (QED) is 0.818. The smallest absolute Gasteiger partial charge is 0.423 e. The van der Waals surface area contributed by atoms with E-state index in [0.717, 1.165) is 11.1 Å². The van der Waals surface area contributed by atoms with Crippen molar-refractivity contribution in [1.29, 1.82) is 0 Å². The summed E-state index contributed by atoms with van der Waals surface area (Å²) in [5.74, 6) is 0. The lowest BCUT2D eigenvalue weighted by atomic mass is 9.80. The van der Waals surface area contributed by atoms with Gasteiger partial charge in [0.25, 0.3) is 0 Å². The maximum Gasteiger partial charge on any atom is 0.488 e. The fourth-order valence-corrected chi connectivity index (χ4v) is 1.91. The molecule has 2 rings (SSSR count). The van der Waals surface area contributed by atoms with Crippen LogP contribution in [0.25, 0.3) is 0 Å². The highest BCUT2D eigenvalue weighted by Gasteiger charge is 2.09. The normalized spacial score (nSPS) is 10.5. The summed E-state index contributed by atoms with van der Waals surface area (Å²) < 4.78 is 5.58. The van der Waals surface area contributed by atoms with Crippen LogP contribution >= 0.6 is 11.6 Å². The molecule has 2 aromatic carbocycles. The number of hydrogen-bond acceptors (Lipinski definition) is 3. The van der Waals surface area contributed by atoms with Crippen molar-refractivity contribution in [3.05, 3.63) is 64.7 Å². The molecule has 0 heterocycles. The number of rotatable bonds is 5. The molecule has 0 aliphatic heterocycles. The van der Waals surface area contributed by atoms with Crippen LogP contribution in [0, 0.1) is 0 Å². The Kier molecular flexibility index (Phi) is 4.99. The highest BCUT2D eigenvalue weighted by Crippen LogP contribution is 2.12. The van der Waals surface area contributed by atoms with Gasteiger partial charge in [-0.3, -0.25) is 0 Å². The molecule has 0 bridgehead atoms. The van der Waals surface area contributed by atoms with E-state index >= 15 is 0 Å². The summed E-state index contributed by atoms with van der Waals surface area (Å²) in [5, 5.41) is 18.7. The van der Waals surface area contributed by atoms with E-state index in [2.05, 4.69) is 0 Å². The molecule has 0 amide bonds. The molecule has 19 heavy (non-hydrogen) atoms. The summed E-state index contributed by atoms with van der Waals surface area (Å²) in [7, 11) is -1.43. The zero-order valence-electron chi connectivity index (χ0n) is 10.3. The van der Waals surface area contributed by atoms with E-state index in [1.807, 2.05) is 36.4 Å². The first-order valence-corrected chi connectivity index (χ1v) is 6.30. The monoisotopic (exact) mass is 276 g/mol. The molecule has 98 valence electrons. The van der Waals surface area contributed by atoms with E-state index in [9.17, 15) is 0 Å². The summed E-state index contributed by atoms with van der Waals surface area (Å²) in [4.78, 5) is 0. The third-order valence-corrected chi connectivity index (χ3v) is 2.94. The molecule has 0 atom stereocenters. The Morgan fingerprint density at radius 3 is 2.26 bits per heavy atom. The molecule has 0 aliphatic rings. The van der Waals surface area contributed by atoms with Gasteiger partial charge in [-0.15, -0.1) is 0 Å². The fraction of sp³-hybridized carbons (Fsp3) is 0.143. The highest BCUT2D eigenvalue weighted by atomic mass is 35.5. The fourth-order valence-electron chi connectivity index (χ4n) is 1.70. The van der Waals surface area contributed by atoms with Gasteiger partial charge in [-0.05, 0) is 28.7 Å². The lowest BCUT2D eigenvalue weighted by molar-refractivity contribution is 0.107. The second-order valence-electron chi connectivity index (χ2n) is 4.24. The van der Waals surface area contributed by atoms with Gasteiger partial charge < -0.3 is 14.8 Å². The summed E-state index contributed by atoms with van der Waals surface area (Å²) in [6, 6.07) is 14.5. The topological polar surface area (TPSA) is 49.7 Å². The van der Waals surface area contributed by atoms with E-state index in [1.165, 1.54) is 0 Å². The zero-order chi connectivity index (χ0) is 13.7. The average molecular weight is 277 g/mol. The third kappa shape index (κ3) is 4.37. The Labute approximate surface area is 117 Å². The molecule has 2 N–H and O–H groups in total. The molecule has 0 aliphatic carbocycles. The van der Waals surface area contributed by atoms with Gasteiger partial charge in [-0.25, -0.2) is 0 Å². The van der Waals surface area contributed by atoms with Gasteiger partial charge in [0.2, 0.25) is 0 Å². The minimum atomic E-state index is -1.43. The van der Waals surface area contributed by atoms with Crippen LogP contribution in [0.4, 0.5) is 0 Å². The van der Waals surface area contributed by atoms with Crippen molar-refractivity contribution in [3.8, 4) is 0 Å². The Morgan fingerprint density at radius 2 is 1.63 bits per heavy atom. The van der Waals surface area contributed by atoms with E-state index in [4.69, 9.17) is 26.4 Å². The van der Waals surface area contributed by atoms with Gasteiger partial charge in [0.15, 0.2) is 0 Å². The molecule has 0 fully saturated rings. The number of ether oxygens (including phenoxy) is 1. The predicted molar refractivity (Wildman–Crippen MR) is 76.2 cm³/mol. The third-order valence-electron chi connectivity index (χ3n) is 2.70. The van der Waals surface area contributed by atoms with Crippen LogP contribution in [0.2, 0.25) is 5.02 Å². The van der Waals surface area contributed by atoms with Crippen molar-refractivity contribution < 1.29 is 14.8 Å². The molecule has 5 heteroatoms. The SMILES string of the molecule is OB(O)c1ccc(COCc2cccc(Cl)c2)cc1. The Balaban J connectivity index is 1.85. The number of hydrogen-bond donors (Lipinski definition) is 2. The van der Waals surface area contributed by atoms with Crippen LogP contribution in [0.3, 0.4) is 0 Å². The first-order chi connectivity index (χ1) is 9.15. The summed E-state index contributed by atoms with van der Waals surface area (Å²) in [6.45, 7) is 0.958. The molecular formula is C14H14BClO3. The van der Waals surface area contributed by atoms with Crippen molar-refractivity contribution in [1.82, 2.24) is 0 Å². The minimum absolute atomic E-state index is 0.467. The Bertz CT molecular complexity index is 528. The molecule has 0 radical (unpaired) electrons. The second kappa shape index (κ2) is 6.73. The highest BCUT2D eigenvalue weighted by molar-refractivity contribution is 6.58. The van der Waals surface area contributed by atoms with Crippen LogP contribution in [-0.2, 0) is 18.0 Å². The molecule has 0 saturated heterocycles. The Hall–Kier alpha value is -1.33. The molecule has 0 unspecified atom stereocenters. The minimum Gasteiger partial charge on any atom is -0.423 e. The van der Waals surface area contributed by atoms with Crippen LogP contribution in [0.15, 0.2) is 48.5 Å². The first kappa shape index (κ1) is 14.1. The van der Waals surface area contributed by atoms with Gasteiger partial charge in [0, 0.05) is 5.02 Å². The van der Waals surface area contributed by atoms with Crippen molar-refractivity contribution >= 4 is 24.2 Å². The molecular weight excluding hydrogens is 262 g/mol. The van der Waals surface area contributed by atoms with Crippen LogP contribution in [0.5, 0.6) is 0 Å². The summed E-state index contributed by atoms with van der Waals surface area (Å²) in [6.07, 6.45) is 0. The molecule has 3 nitrogen and oxygen atoms in total. The maximum absolute atomic E-state index is 8.98. The number of benzene rings is 2. The van der Waals surface area contributed by atoms with Gasteiger partial charge in [0.05, 0.1) is 13.2 Å². The van der Waals surface area contributed by atoms with E-state index in [-0.39, 0.29) is 0 Å². The van der Waals surface area contributed by atoms with Crippen LogP contribution in [0.1, 0.15) is 11.1 Å². The van der Waals surface area contributed by atoms with E-state index in [1.54, 1.807) is 12.1 Å². The molecule has 0 saturated carbocycles. The standard InChI is InChI=1S/C14H14BClO3/c16-14-3-1-2-12(8-14)10-19-9-11-4-6-13(7-5-11)15(17)18/h1-8,17-18H,9-10H2. The maximum atomic E-state index is 8.98. The van der Waals surface area contributed by atoms with Crippen LogP contribution in [-0.4, -0.2) is 17.2 Å². The largest absolute Gasteiger partial charge is 0.488 e. The van der Waals surface area contributed by atoms with Gasteiger partial charge >= 0.3 is 7.12 Å². The van der Waals surface area contributed by atoms with Gasteiger partial charge in [0.1, 0.15) is 0 Å². The lowest BCUT2D eigenvalue weighted by Gasteiger charge is -2.06. The molecule has 2 aromatic rings. The second-order valence-corrected chi connectivity index (χ2v) is 4.67. The van der Waals surface area contributed by atoms with E-state index in [0.29, 0.717) is 23.7 Å². The van der Waals surface area contributed by atoms with Crippen molar-refractivity contribution in [2.24, 2.45) is 0 Å². The van der Waals surface area contributed by atoms with E-state index < -0.39 is 7.12 Å². The summed E-state index contributed by atoms with van der Waals surface area (Å²) in [5.41, 5.74) is 2.47. The Morgan fingerprint density at radius 1 is 0.947 bits per heavy atom. The first-order valence-electron chi connectivity index (χ1n) is 5.92. The molecule has 0 spiro atoms. The predicted octanol–water partition coefficient (Wildman–Crippen LogP) is 1.74. The summed E-state index contributed by atoms with van der Waals surface area (Å²) >= 11 is 5.88. The number of halogens is 1. The lowest BCUT2D eigenvalue weighted by Crippen LogP contribution is -2.29.